The predicted molar refractivity (Wildman–Crippen MR) is 76.8 cm³/mol. The van der Waals surface area contributed by atoms with Gasteiger partial charge in [-0.2, -0.15) is 0 Å². The fraction of sp³-hybridized carbons (Fsp3) is 0.267. The zero-order valence-electron chi connectivity index (χ0n) is 10.8. The van der Waals surface area contributed by atoms with Crippen LogP contribution in [0.1, 0.15) is 30.5 Å². The fourth-order valence-corrected chi connectivity index (χ4v) is 2.69. The third-order valence-electron chi connectivity index (χ3n) is 2.93. The molecule has 2 N–H and O–H groups in total. The van der Waals surface area contributed by atoms with Crippen molar-refractivity contribution in [1.29, 1.82) is 0 Å². The molecule has 0 spiro atoms. The minimum Gasteiger partial charge on any atom is -0.324 e. The summed E-state index contributed by atoms with van der Waals surface area (Å²) in [7, 11) is 0. The van der Waals surface area contributed by atoms with Gasteiger partial charge < -0.3 is 5.73 Å². The van der Waals surface area contributed by atoms with E-state index in [1.165, 1.54) is 10.5 Å². The second-order valence-electron chi connectivity index (χ2n) is 4.31. The van der Waals surface area contributed by atoms with Crippen LogP contribution < -0.4 is 5.73 Å². The van der Waals surface area contributed by atoms with Crippen LogP contribution in [0.5, 0.6) is 0 Å². The van der Waals surface area contributed by atoms with Crippen LogP contribution in [-0.4, -0.2) is 4.98 Å². The third-order valence-corrected chi connectivity index (χ3v) is 3.87. The number of aryl methyl sites for hydroxylation is 1. The van der Waals surface area contributed by atoms with Crippen molar-refractivity contribution in [2.75, 3.05) is 0 Å². The molecule has 2 rings (SSSR count). The van der Waals surface area contributed by atoms with Crippen molar-refractivity contribution in [3.8, 4) is 0 Å². The lowest BCUT2D eigenvalue weighted by atomic mass is 10.0. The topological polar surface area (TPSA) is 38.9 Å². The van der Waals surface area contributed by atoms with Gasteiger partial charge >= 0.3 is 0 Å². The van der Waals surface area contributed by atoms with E-state index < -0.39 is 0 Å². The Morgan fingerprint density at radius 1 is 1.28 bits per heavy atom. The molecule has 18 heavy (non-hydrogen) atoms. The molecule has 1 aromatic heterocycles. The molecule has 1 heterocycles. The van der Waals surface area contributed by atoms with Crippen molar-refractivity contribution in [1.82, 2.24) is 4.98 Å². The summed E-state index contributed by atoms with van der Waals surface area (Å²) in [6.45, 7) is 4.19. The van der Waals surface area contributed by atoms with E-state index in [9.17, 15) is 0 Å². The molecule has 0 aliphatic heterocycles. The largest absolute Gasteiger partial charge is 0.324 e. The number of pyridine rings is 1. The molecule has 94 valence electrons. The highest BCUT2D eigenvalue weighted by molar-refractivity contribution is 7.99. The zero-order valence-corrected chi connectivity index (χ0v) is 11.6. The van der Waals surface area contributed by atoms with Crippen LogP contribution in [0.3, 0.4) is 0 Å². The summed E-state index contributed by atoms with van der Waals surface area (Å²) in [5.74, 6) is 0. The summed E-state index contributed by atoms with van der Waals surface area (Å²) in [5, 5.41) is 1.02. The Balaban J connectivity index is 2.19. The molecule has 0 unspecified atom stereocenters. The molecule has 2 nitrogen and oxygen atoms in total. The van der Waals surface area contributed by atoms with Crippen LogP contribution in [0.15, 0.2) is 52.5 Å². The Morgan fingerprint density at radius 2 is 2.00 bits per heavy atom. The standard InChI is InChI=1S/C15H18N2S/c1-3-14(16)13-10-17-15(9-11(13)2)18-12-7-5-4-6-8-12/h4-10,14H,3,16H2,1-2H3/t14-/m0/s1. The maximum atomic E-state index is 6.05. The average Bonchev–Trinajstić information content (AvgIpc) is 2.39. The van der Waals surface area contributed by atoms with E-state index in [0.29, 0.717) is 0 Å². The van der Waals surface area contributed by atoms with E-state index in [1.807, 2.05) is 24.4 Å². The molecule has 0 radical (unpaired) electrons. The Bertz CT molecular complexity index is 511. The first-order valence-electron chi connectivity index (χ1n) is 6.15. The van der Waals surface area contributed by atoms with Gasteiger partial charge in [-0.15, -0.1) is 0 Å². The number of nitrogens with two attached hydrogens (primary N) is 1. The number of aromatic nitrogens is 1. The van der Waals surface area contributed by atoms with Gasteiger partial charge in [-0.3, -0.25) is 0 Å². The SMILES string of the molecule is CC[C@H](N)c1cnc(Sc2ccccc2)cc1C. The smallest absolute Gasteiger partial charge is 0.101 e. The Morgan fingerprint density at radius 3 is 2.61 bits per heavy atom. The number of hydrogen-bond acceptors (Lipinski definition) is 3. The van der Waals surface area contributed by atoms with Crippen molar-refractivity contribution in [2.24, 2.45) is 5.73 Å². The summed E-state index contributed by atoms with van der Waals surface area (Å²) in [4.78, 5) is 5.69. The van der Waals surface area contributed by atoms with Gasteiger partial charge in [0.2, 0.25) is 0 Å². The first-order chi connectivity index (χ1) is 8.70. The molecular weight excluding hydrogens is 240 g/mol. The summed E-state index contributed by atoms with van der Waals surface area (Å²) in [5.41, 5.74) is 8.42. The normalized spacial score (nSPS) is 12.4. The average molecular weight is 258 g/mol. The molecule has 1 aromatic carbocycles. The van der Waals surface area contributed by atoms with Crippen LogP contribution in [0, 0.1) is 6.92 Å². The van der Waals surface area contributed by atoms with Gasteiger partial charge in [-0.05, 0) is 42.7 Å². The minimum atomic E-state index is 0.0910. The van der Waals surface area contributed by atoms with E-state index in [1.54, 1.807) is 11.8 Å². The van der Waals surface area contributed by atoms with Crippen molar-refractivity contribution in [3.05, 3.63) is 53.7 Å². The summed E-state index contributed by atoms with van der Waals surface area (Å²) < 4.78 is 0. The third kappa shape index (κ3) is 3.12. The van der Waals surface area contributed by atoms with Crippen LogP contribution in [0.25, 0.3) is 0 Å². The van der Waals surface area contributed by atoms with Gasteiger partial charge in [0.15, 0.2) is 0 Å². The first-order valence-corrected chi connectivity index (χ1v) is 6.97. The Hall–Kier alpha value is -1.32. The maximum absolute atomic E-state index is 6.05. The minimum absolute atomic E-state index is 0.0910. The lowest BCUT2D eigenvalue weighted by Crippen LogP contribution is -2.10. The van der Waals surface area contributed by atoms with Crippen molar-refractivity contribution >= 4 is 11.8 Å². The molecule has 2 aromatic rings. The molecule has 0 amide bonds. The molecule has 1 atom stereocenters. The molecule has 0 bridgehead atoms. The number of rotatable bonds is 4. The molecule has 0 saturated carbocycles. The summed E-state index contributed by atoms with van der Waals surface area (Å²) in [6, 6.07) is 12.5. The number of benzene rings is 1. The zero-order chi connectivity index (χ0) is 13.0. The fourth-order valence-electron chi connectivity index (χ4n) is 1.81. The molecule has 3 heteroatoms. The van der Waals surface area contributed by atoms with Crippen LogP contribution in [-0.2, 0) is 0 Å². The molecule has 0 aliphatic carbocycles. The maximum Gasteiger partial charge on any atom is 0.101 e. The summed E-state index contributed by atoms with van der Waals surface area (Å²) in [6.07, 6.45) is 2.85. The van der Waals surface area contributed by atoms with Crippen molar-refractivity contribution < 1.29 is 0 Å². The van der Waals surface area contributed by atoms with E-state index >= 15 is 0 Å². The monoisotopic (exact) mass is 258 g/mol. The van der Waals surface area contributed by atoms with E-state index in [-0.39, 0.29) is 6.04 Å². The van der Waals surface area contributed by atoms with Gasteiger partial charge in [0, 0.05) is 17.1 Å². The lowest BCUT2D eigenvalue weighted by molar-refractivity contribution is 0.687. The van der Waals surface area contributed by atoms with E-state index in [0.717, 1.165) is 17.0 Å². The van der Waals surface area contributed by atoms with Crippen molar-refractivity contribution in [2.45, 2.75) is 36.2 Å². The van der Waals surface area contributed by atoms with Crippen LogP contribution in [0.2, 0.25) is 0 Å². The van der Waals surface area contributed by atoms with E-state index in [2.05, 4.69) is 37.0 Å². The van der Waals surface area contributed by atoms with Gasteiger partial charge in [0.25, 0.3) is 0 Å². The van der Waals surface area contributed by atoms with E-state index in [4.69, 9.17) is 5.73 Å². The van der Waals surface area contributed by atoms with Crippen molar-refractivity contribution in [3.63, 3.8) is 0 Å². The van der Waals surface area contributed by atoms with Gasteiger partial charge in [-0.1, -0.05) is 36.9 Å². The highest BCUT2D eigenvalue weighted by Gasteiger charge is 2.08. The summed E-state index contributed by atoms with van der Waals surface area (Å²) >= 11 is 1.68. The second-order valence-corrected chi connectivity index (χ2v) is 5.40. The predicted octanol–water partition coefficient (Wildman–Crippen LogP) is 3.95. The quantitative estimate of drug-likeness (QED) is 0.902. The number of hydrogen-bond donors (Lipinski definition) is 1. The molecular formula is C15H18N2S. The number of nitrogens with zero attached hydrogens (tertiary/aromatic N) is 1. The van der Waals surface area contributed by atoms with Crippen LogP contribution in [0.4, 0.5) is 0 Å². The highest BCUT2D eigenvalue weighted by atomic mass is 32.2. The van der Waals surface area contributed by atoms with Gasteiger partial charge in [-0.25, -0.2) is 4.98 Å². The lowest BCUT2D eigenvalue weighted by Gasteiger charge is -2.12. The van der Waals surface area contributed by atoms with Gasteiger partial charge in [0.1, 0.15) is 5.03 Å². The Labute approximate surface area is 113 Å². The first kappa shape index (κ1) is 13.1. The Kier molecular flexibility index (Phi) is 4.39. The molecule has 0 saturated heterocycles. The highest BCUT2D eigenvalue weighted by Crippen LogP contribution is 2.28. The second kappa shape index (κ2) is 6.03. The molecule has 0 aliphatic rings. The molecule has 0 fully saturated rings. The van der Waals surface area contributed by atoms with Crippen LogP contribution >= 0.6 is 11.8 Å². The van der Waals surface area contributed by atoms with Gasteiger partial charge in [0.05, 0.1) is 0 Å².